The van der Waals surface area contributed by atoms with Crippen LogP contribution in [0.2, 0.25) is 0 Å². The molecule has 0 aromatic heterocycles. The summed E-state index contributed by atoms with van der Waals surface area (Å²) >= 11 is 0. The molecule has 0 unspecified atom stereocenters. The highest BCUT2D eigenvalue weighted by atomic mass is 16.5. The van der Waals surface area contributed by atoms with Crippen molar-refractivity contribution in [2.75, 3.05) is 18.6 Å². The lowest BCUT2D eigenvalue weighted by Gasteiger charge is -2.23. The van der Waals surface area contributed by atoms with Crippen molar-refractivity contribution in [3.63, 3.8) is 0 Å². The zero-order valence-electron chi connectivity index (χ0n) is 12.9. The smallest absolute Gasteiger partial charge is 0.119 e. The lowest BCUT2D eigenvalue weighted by molar-refractivity contribution is 0.340. The first kappa shape index (κ1) is 14.0. The van der Waals surface area contributed by atoms with E-state index in [1.165, 1.54) is 48.2 Å². The van der Waals surface area contributed by atoms with E-state index in [0.717, 1.165) is 5.75 Å². The monoisotopic (exact) mass is 281 g/mol. The molecule has 1 aliphatic carbocycles. The second-order valence-corrected chi connectivity index (χ2v) is 5.65. The lowest BCUT2D eigenvalue weighted by atomic mass is 9.91. The van der Waals surface area contributed by atoms with Crippen molar-refractivity contribution in [1.29, 1.82) is 0 Å². The average Bonchev–Trinajstić information content (AvgIpc) is 2.55. The third-order valence-electron chi connectivity index (χ3n) is 4.25. The average molecular weight is 281 g/mol. The SMILES string of the molecule is CCOc1ccc(N(C)c2ccc3c(c2)CCCC3)cc1. The van der Waals surface area contributed by atoms with Gasteiger partial charge < -0.3 is 9.64 Å². The van der Waals surface area contributed by atoms with Crippen LogP contribution >= 0.6 is 0 Å². The summed E-state index contributed by atoms with van der Waals surface area (Å²) in [6.45, 7) is 2.72. The number of anilines is 2. The summed E-state index contributed by atoms with van der Waals surface area (Å²) in [7, 11) is 2.13. The Kier molecular flexibility index (Phi) is 4.14. The Bertz CT molecular complexity index is 603. The van der Waals surface area contributed by atoms with Crippen LogP contribution in [0.5, 0.6) is 5.75 Å². The van der Waals surface area contributed by atoms with E-state index in [1.54, 1.807) is 0 Å². The topological polar surface area (TPSA) is 12.5 Å². The molecule has 0 fully saturated rings. The molecule has 3 rings (SSSR count). The molecule has 0 spiro atoms. The maximum absolute atomic E-state index is 5.50. The molecule has 0 heterocycles. The minimum atomic E-state index is 0.708. The van der Waals surface area contributed by atoms with Gasteiger partial charge in [-0.15, -0.1) is 0 Å². The molecule has 0 amide bonds. The van der Waals surface area contributed by atoms with Gasteiger partial charge in [-0.25, -0.2) is 0 Å². The highest BCUT2D eigenvalue weighted by molar-refractivity contribution is 5.64. The summed E-state index contributed by atoms with van der Waals surface area (Å²) in [5.41, 5.74) is 5.51. The summed E-state index contributed by atoms with van der Waals surface area (Å²) in [6.07, 6.45) is 5.12. The third kappa shape index (κ3) is 3.05. The number of fused-ring (bicyclic) bond motifs is 1. The van der Waals surface area contributed by atoms with Crippen molar-refractivity contribution >= 4 is 11.4 Å². The molecule has 0 aliphatic heterocycles. The van der Waals surface area contributed by atoms with Crippen LogP contribution < -0.4 is 9.64 Å². The van der Waals surface area contributed by atoms with E-state index in [2.05, 4.69) is 42.3 Å². The zero-order chi connectivity index (χ0) is 14.7. The molecule has 0 radical (unpaired) electrons. The van der Waals surface area contributed by atoms with Gasteiger partial charge in [0.15, 0.2) is 0 Å². The maximum atomic E-state index is 5.50. The van der Waals surface area contributed by atoms with Crippen LogP contribution in [0.4, 0.5) is 11.4 Å². The third-order valence-corrected chi connectivity index (χ3v) is 4.25. The van der Waals surface area contributed by atoms with Gasteiger partial charge in [0.1, 0.15) is 5.75 Å². The van der Waals surface area contributed by atoms with E-state index in [-0.39, 0.29) is 0 Å². The van der Waals surface area contributed by atoms with E-state index in [4.69, 9.17) is 4.74 Å². The predicted molar refractivity (Wildman–Crippen MR) is 88.8 cm³/mol. The molecule has 2 heteroatoms. The Morgan fingerprint density at radius 2 is 1.57 bits per heavy atom. The standard InChI is InChI=1S/C19H23NO/c1-3-21-19-12-10-17(11-13-19)20(2)18-9-8-15-6-4-5-7-16(15)14-18/h8-14H,3-7H2,1-2H3. The van der Waals surface area contributed by atoms with Crippen LogP contribution in [0.1, 0.15) is 30.9 Å². The van der Waals surface area contributed by atoms with Crippen molar-refractivity contribution in [3.05, 3.63) is 53.6 Å². The Labute approximate surface area is 127 Å². The molecule has 0 bridgehead atoms. The quantitative estimate of drug-likeness (QED) is 0.803. The molecule has 0 atom stereocenters. The van der Waals surface area contributed by atoms with Crippen molar-refractivity contribution < 1.29 is 4.74 Å². The highest BCUT2D eigenvalue weighted by Gasteiger charge is 2.11. The Morgan fingerprint density at radius 3 is 2.29 bits per heavy atom. The van der Waals surface area contributed by atoms with Gasteiger partial charge >= 0.3 is 0 Å². The minimum absolute atomic E-state index is 0.708. The van der Waals surface area contributed by atoms with E-state index in [9.17, 15) is 0 Å². The van der Waals surface area contributed by atoms with Gasteiger partial charge in [0.25, 0.3) is 0 Å². The molecule has 0 saturated heterocycles. The van der Waals surface area contributed by atoms with Crippen molar-refractivity contribution in [3.8, 4) is 5.75 Å². The van der Waals surface area contributed by atoms with E-state index < -0.39 is 0 Å². The summed E-state index contributed by atoms with van der Waals surface area (Å²) in [5.74, 6) is 0.931. The summed E-state index contributed by atoms with van der Waals surface area (Å²) in [6, 6.07) is 15.2. The number of nitrogens with zero attached hydrogens (tertiary/aromatic N) is 1. The predicted octanol–water partition coefficient (Wildman–Crippen LogP) is 4.73. The number of hydrogen-bond donors (Lipinski definition) is 0. The highest BCUT2D eigenvalue weighted by Crippen LogP contribution is 2.30. The molecule has 2 aromatic rings. The van der Waals surface area contributed by atoms with Crippen molar-refractivity contribution in [2.45, 2.75) is 32.6 Å². The van der Waals surface area contributed by atoms with Crippen LogP contribution in [0.15, 0.2) is 42.5 Å². The van der Waals surface area contributed by atoms with Gasteiger partial charge in [-0.1, -0.05) is 6.07 Å². The van der Waals surface area contributed by atoms with Gasteiger partial charge in [0.2, 0.25) is 0 Å². The first-order valence-corrected chi connectivity index (χ1v) is 7.86. The summed E-state index contributed by atoms with van der Waals surface area (Å²) in [5, 5.41) is 0. The summed E-state index contributed by atoms with van der Waals surface area (Å²) < 4.78 is 5.50. The Balaban J connectivity index is 1.82. The molecular weight excluding hydrogens is 258 g/mol. The van der Waals surface area contributed by atoms with Gasteiger partial charge in [-0.05, 0) is 80.1 Å². The van der Waals surface area contributed by atoms with E-state index in [1.807, 2.05) is 19.1 Å². The normalized spacial score (nSPS) is 13.6. The van der Waals surface area contributed by atoms with E-state index >= 15 is 0 Å². The zero-order valence-corrected chi connectivity index (χ0v) is 12.9. The molecule has 21 heavy (non-hydrogen) atoms. The largest absolute Gasteiger partial charge is 0.494 e. The minimum Gasteiger partial charge on any atom is -0.494 e. The molecule has 2 nitrogen and oxygen atoms in total. The fraction of sp³-hybridized carbons (Fsp3) is 0.368. The number of ether oxygens (including phenoxy) is 1. The van der Waals surface area contributed by atoms with E-state index in [0.29, 0.717) is 6.61 Å². The second kappa shape index (κ2) is 6.21. The van der Waals surface area contributed by atoms with Gasteiger partial charge in [-0.3, -0.25) is 0 Å². The molecule has 0 saturated carbocycles. The maximum Gasteiger partial charge on any atom is 0.119 e. The van der Waals surface area contributed by atoms with Gasteiger partial charge in [0, 0.05) is 18.4 Å². The number of aryl methyl sites for hydroxylation is 2. The number of rotatable bonds is 4. The van der Waals surface area contributed by atoms with Crippen LogP contribution in [0.25, 0.3) is 0 Å². The lowest BCUT2D eigenvalue weighted by Crippen LogP contribution is -2.11. The van der Waals surface area contributed by atoms with Gasteiger partial charge in [0.05, 0.1) is 6.61 Å². The van der Waals surface area contributed by atoms with Crippen molar-refractivity contribution in [1.82, 2.24) is 0 Å². The molecule has 110 valence electrons. The first-order chi connectivity index (χ1) is 10.3. The molecular formula is C19H23NO. The Hall–Kier alpha value is -1.96. The van der Waals surface area contributed by atoms with Crippen molar-refractivity contribution in [2.24, 2.45) is 0 Å². The molecule has 1 aliphatic rings. The van der Waals surface area contributed by atoms with Gasteiger partial charge in [-0.2, -0.15) is 0 Å². The fourth-order valence-electron chi connectivity index (χ4n) is 3.01. The van der Waals surface area contributed by atoms with Crippen LogP contribution in [0, 0.1) is 0 Å². The second-order valence-electron chi connectivity index (χ2n) is 5.65. The molecule has 0 N–H and O–H groups in total. The summed E-state index contributed by atoms with van der Waals surface area (Å²) in [4.78, 5) is 2.24. The fourth-order valence-corrected chi connectivity index (χ4v) is 3.01. The number of hydrogen-bond acceptors (Lipinski definition) is 2. The first-order valence-electron chi connectivity index (χ1n) is 7.86. The van der Waals surface area contributed by atoms with Crippen LogP contribution in [-0.4, -0.2) is 13.7 Å². The Morgan fingerprint density at radius 1 is 0.905 bits per heavy atom. The van der Waals surface area contributed by atoms with Crippen LogP contribution in [-0.2, 0) is 12.8 Å². The molecule has 2 aromatic carbocycles. The van der Waals surface area contributed by atoms with Crippen LogP contribution in [0.3, 0.4) is 0 Å². The number of benzene rings is 2.